The van der Waals surface area contributed by atoms with Crippen molar-refractivity contribution in [2.45, 2.75) is 19.4 Å². The molecule has 0 bridgehead atoms. The van der Waals surface area contributed by atoms with E-state index in [0.717, 1.165) is 24.6 Å². The van der Waals surface area contributed by atoms with Crippen LogP contribution in [-0.4, -0.2) is 57.2 Å². The van der Waals surface area contributed by atoms with E-state index in [1.807, 2.05) is 42.3 Å². The number of rotatable bonds is 9. The highest BCUT2D eigenvalue weighted by atomic mass is 16.5. The van der Waals surface area contributed by atoms with Gasteiger partial charge in [0.15, 0.2) is 5.96 Å². The maximum absolute atomic E-state index is 11.9. The van der Waals surface area contributed by atoms with Crippen molar-refractivity contribution in [3.63, 3.8) is 0 Å². The van der Waals surface area contributed by atoms with Crippen molar-refractivity contribution in [1.29, 1.82) is 0 Å². The van der Waals surface area contributed by atoms with Crippen LogP contribution in [0.5, 0.6) is 0 Å². The van der Waals surface area contributed by atoms with Crippen molar-refractivity contribution in [3.8, 4) is 0 Å². The van der Waals surface area contributed by atoms with E-state index in [1.54, 1.807) is 7.05 Å². The van der Waals surface area contributed by atoms with Gasteiger partial charge in [-0.1, -0.05) is 30.3 Å². The first-order chi connectivity index (χ1) is 11.7. The quantitative estimate of drug-likeness (QED) is 0.406. The van der Waals surface area contributed by atoms with Crippen LogP contribution in [-0.2, 0) is 16.1 Å². The normalized spacial score (nSPS) is 14.3. The number of aliphatic imine (C=N–C) groups is 1. The summed E-state index contributed by atoms with van der Waals surface area (Å²) in [6.45, 7) is 3.02. The first kappa shape index (κ1) is 18.3. The molecule has 6 nitrogen and oxygen atoms in total. The van der Waals surface area contributed by atoms with Crippen molar-refractivity contribution >= 4 is 11.9 Å². The summed E-state index contributed by atoms with van der Waals surface area (Å²) in [4.78, 5) is 18.1. The molecule has 1 aliphatic carbocycles. The predicted molar refractivity (Wildman–Crippen MR) is 95.8 cm³/mol. The van der Waals surface area contributed by atoms with Crippen LogP contribution < -0.4 is 10.6 Å². The molecule has 0 aromatic heterocycles. The Kier molecular flexibility index (Phi) is 7.55. The standard InChI is InChI=1S/C18H28N4O2/c1-19-18(22(2)10-11-24-14-16-8-9-16)21-13-17(23)20-12-15-6-4-3-5-7-15/h3-7,16H,8-14H2,1-2H3,(H,19,21)(H,20,23). The zero-order valence-electron chi connectivity index (χ0n) is 14.6. The lowest BCUT2D eigenvalue weighted by Crippen LogP contribution is -2.44. The van der Waals surface area contributed by atoms with E-state index in [1.165, 1.54) is 12.8 Å². The molecular formula is C18H28N4O2. The number of carbonyl (C=O) groups is 1. The van der Waals surface area contributed by atoms with Crippen LogP contribution in [0.3, 0.4) is 0 Å². The van der Waals surface area contributed by atoms with E-state index in [2.05, 4.69) is 15.6 Å². The van der Waals surface area contributed by atoms with Gasteiger partial charge in [0.25, 0.3) is 0 Å². The van der Waals surface area contributed by atoms with Crippen molar-refractivity contribution in [2.24, 2.45) is 10.9 Å². The van der Waals surface area contributed by atoms with Crippen molar-refractivity contribution < 1.29 is 9.53 Å². The number of hydrogen-bond acceptors (Lipinski definition) is 3. The number of amides is 1. The van der Waals surface area contributed by atoms with E-state index in [-0.39, 0.29) is 12.5 Å². The van der Waals surface area contributed by atoms with E-state index in [4.69, 9.17) is 4.74 Å². The van der Waals surface area contributed by atoms with Crippen molar-refractivity contribution in [3.05, 3.63) is 35.9 Å². The van der Waals surface area contributed by atoms with Gasteiger partial charge in [0.2, 0.25) is 5.91 Å². The van der Waals surface area contributed by atoms with Crippen LogP contribution >= 0.6 is 0 Å². The Hall–Kier alpha value is -2.08. The Bertz CT molecular complexity index is 529. The smallest absolute Gasteiger partial charge is 0.239 e. The molecule has 1 aromatic rings. The number of nitrogens with one attached hydrogen (secondary N) is 2. The fourth-order valence-corrected chi connectivity index (χ4v) is 2.24. The summed E-state index contributed by atoms with van der Waals surface area (Å²) >= 11 is 0. The van der Waals surface area contributed by atoms with Gasteiger partial charge in [-0.2, -0.15) is 0 Å². The van der Waals surface area contributed by atoms with E-state index in [0.29, 0.717) is 19.1 Å². The zero-order valence-corrected chi connectivity index (χ0v) is 14.6. The summed E-state index contributed by atoms with van der Waals surface area (Å²) in [5.74, 6) is 1.42. The van der Waals surface area contributed by atoms with Gasteiger partial charge in [0.05, 0.1) is 13.2 Å². The van der Waals surface area contributed by atoms with E-state index in [9.17, 15) is 4.79 Å². The van der Waals surface area contributed by atoms with Gasteiger partial charge in [-0.15, -0.1) is 0 Å². The lowest BCUT2D eigenvalue weighted by molar-refractivity contribution is -0.120. The molecule has 0 spiro atoms. The average Bonchev–Trinajstić information content (AvgIpc) is 3.42. The monoisotopic (exact) mass is 332 g/mol. The number of likely N-dealkylation sites (N-methyl/N-ethyl adjacent to an activating group) is 1. The lowest BCUT2D eigenvalue weighted by atomic mass is 10.2. The summed E-state index contributed by atoms with van der Waals surface area (Å²) in [7, 11) is 3.66. The molecule has 1 fully saturated rings. The summed E-state index contributed by atoms with van der Waals surface area (Å²) in [6.07, 6.45) is 2.61. The third-order valence-electron chi connectivity index (χ3n) is 3.93. The Morgan fingerprint density at radius 3 is 2.71 bits per heavy atom. The molecule has 0 saturated heterocycles. The van der Waals surface area contributed by atoms with Crippen molar-refractivity contribution in [1.82, 2.24) is 15.5 Å². The minimum atomic E-state index is -0.0570. The van der Waals surface area contributed by atoms with Gasteiger partial charge < -0.3 is 20.3 Å². The second-order valence-corrected chi connectivity index (χ2v) is 6.10. The largest absolute Gasteiger partial charge is 0.379 e. The molecule has 0 aliphatic heterocycles. The van der Waals surface area contributed by atoms with Crippen molar-refractivity contribution in [2.75, 3.05) is 40.4 Å². The molecule has 1 aliphatic rings. The van der Waals surface area contributed by atoms with E-state index < -0.39 is 0 Å². The van der Waals surface area contributed by atoms with Crippen LogP contribution in [0.4, 0.5) is 0 Å². The number of hydrogen-bond donors (Lipinski definition) is 2. The molecule has 24 heavy (non-hydrogen) atoms. The number of ether oxygens (including phenoxy) is 1. The number of nitrogens with zero attached hydrogens (tertiary/aromatic N) is 2. The van der Waals surface area contributed by atoms with Crippen LogP contribution in [0.15, 0.2) is 35.3 Å². The van der Waals surface area contributed by atoms with Gasteiger partial charge >= 0.3 is 0 Å². The fraction of sp³-hybridized carbons (Fsp3) is 0.556. The Morgan fingerprint density at radius 1 is 1.29 bits per heavy atom. The summed E-state index contributed by atoms with van der Waals surface area (Å²) in [5.41, 5.74) is 1.08. The summed E-state index contributed by atoms with van der Waals surface area (Å²) in [5, 5.41) is 5.96. The van der Waals surface area contributed by atoms with E-state index >= 15 is 0 Å². The van der Waals surface area contributed by atoms with Crippen LogP contribution in [0.2, 0.25) is 0 Å². The number of benzene rings is 1. The second-order valence-electron chi connectivity index (χ2n) is 6.10. The first-order valence-corrected chi connectivity index (χ1v) is 8.49. The molecule has 0 atom stereocenters. The molecule has 132 valence electrons. The Labute approximate surface area is 144 Å². The molecule has 1 saturated carbocycles. The molecule has 0 heterocycles. The second kappa shape index (κ2) is 9.93. The Balaban J connectivity index is 1.61. The van der Waals surface area contributed by atoms with Crippen LogP contribution in [0.1, 0.15) is 18.4 Å². The minimum absolute atomic E-state index is 0.0570. The fourth-order valence-electron chi connectivity index (χ4n) is 2.24. The molecule has 0 radical (unpaired) electrons. The highest BCUT2D eigenvalue weighted by Gasteiger charge is 2.21. The number of guanidine groups is 1. The van der Waals surface area contributed by atoms with Crippen LogP contribution in [0, 0.1) is 5.92 Å². The average molecular weight is 332 g/mol. The van der Waals surface area contributed by atoms with Gasteiger partial charge in [-0.25, -0.2) is 0 Å². The molecule has 2 N–H and O–H groups in total. The molecule has 6 heteroatoms. The zero-order chi connectivity index (χ0) is 17.2. The molecule has 2 rings (SSSR count). The Morgan fingerprint density at radius 2 is 2.04 bits per heavy atom. The highest BCUT2D eigenvalue weighted by Crippen LogP contribution is 2.28. The molecular weight excluding hydrogens is 304 g/mol. The summed E-state index contributed by atoms with van der Waals surface area (Å²) < 4.78 is 5.63. The SMILES string of the molecule is CN=C(NCC(=O)NCc1ccccc1)N(C)CCOCC1CC1. The molecule has 0 unspecified atom stereocenters. The predicted octanol–water partition coefficient (Wildman–Crippen LogP) is 1.24. The first-order valence-electron chi connectivity index (χ1n) is 8.49. The third kappa shape index (κ3) is 7.00. The van der Waals surface area contributed by atoms with Crippen LogP contribution in [0.25, 0.3) is 0 Å². The van der Waals surface area contributed by atoms with Gasteiger partial charge in [-0.05, 0) is 24.3 Å². The highest BCUT2D eigenvalue weighted by molar-refractivity contribution is 5.86. The third-order valence-corrected chi connectivity index (χ3v) is 3.93. The van der Waals surface area contributed by atoms with Gasteiger partial charge in [0, 0.05) is 33.8 Å². The maximum atomic E-state index is 11.9. The van der Waals surface area contributed by atoms with Gasteiger partial charge in [0.1, 0.15) is 0 Å². The number of carbonyl (C=O) groups excluding carboxylic acids is 1. The topological polar surface area (TPSA) is 66.0 Å². The molecule has 1 amide bonds. The minimum Gasteiger partial charge on any atom is -0.379 e. The maximum Gasteiger partial charge on any atom is 0.239 e. The summed E-state index contributed by atoms with van der Waals surface area (Å²) in [6, 6.07) is 9.86. The lowest BCUT2D eigenvalue weighted by Gasteiger charge is -2.21. The van der Waals surface area contributed by atoms with Gasteiger partial charge in [-0.3, -0.25) is 9.79 Å². The molecule has 1 aromatic carbocycles.